The van der Waals surface area contributed by atoms with E-state index in [0.29, 0.717) is 11.1 Å². The Morgan fingerprint density at radius 3 is 1.50 bits per heavy atom. The topological polar surface area (TPSA) is 105 Å². The second-order valence-corrected chi connectivity index (χ2v) is 4.79. The Hall–Kier alpha value is -2.44. The zero-order chi connectivity index (χ0) is 16.3. The van der Waals surface area contributed by atoms with Crippen LogP contribution in [0, 0.1) is 0 Å². The molecule has 2 atom stereocenters. The molecule has 0 fully saturated rings. The van der Waals surface area contributed by atoms with Crippen molar-refractivity contribution < 1.29 is 19.1 Å². The molecule has 0 radical (unpaired) electrons. The highest BCUT2D eigenvalue weighted by Crippen LogP contribution is 2.29. The number of ether oxygens (including phenoxy) is 2. The zero-order valence-electron chi connectivity index (χ0n) is 12.4. The number of hydrogen-bond acceptors (Lipinski definition) is 6. The third-order valence-corrected chi connectivity index (χ3v) is 3.57. The molecule has 2 aromatic carbocycles. The van der Waals surface area contributed by atoms with E-state index in [1.54, 1.807) is 24.3 Å². The molecule has 6 heteroatoms. The molecule has 0 saturated heterocycles. The molecule has 4 N–H and O–H groups in total. The van der Waals surface area contributed by atoms with Crippen LogP contribution < -0.4 is 11.5 Å². The second kappa shape index (κ2) is 6.55. The standard InChI is InChI=1S/C16H18N2O4/c1-21-15(19)13(17)11-7-3-6-10-9(11)5-4-8-12(10)14(18)16(20)22-2/h3-8,13-14H,17-18H2,1-2H3. The van der Waals surface area contributed by atoms with E-state index in [0.717, 1.165) is 10.8 Å². The molecule has 0 spiro atoms. The summed E-state index contributed by atoms with van der Waals surface area (Å²) in [7, 11) is 2.57. The van der Waals surface area contributed by atoms with Gasteiger partial charge in [0.25, 0.3) is 0 Å². The summed E-state index contributed by atoms with van der Waals surface area (Å²) < 4.78 is 9.37. The van der Waals surface area contributed by atoms with Crippen LogP contribution in [-0.4, -0.2) is 26.2 Å². The number of fused-ring (bicyclic) bond motifs is 1. The fourth-order valence-corrected chi connectivity index (χ4v) is 2.41. The zero-order valence-corrected chi connectivity index (χ0v) is 12.4. The highest BCUT2D eigenvalue weighted by atomic mass is 16.5. The van der Waals surface area contributed by atoms with Gasteiger partial charge in [0.2, 0.25) is 0 Å². The molecule has 22 heavy (non-hydrogen) atoms. The lowest BCUT2D eigenvalue weighted by molar-refractivity contribution is -0.143. The molecule has 0 heterocycles. The summed E-state index contributed by atoms with van der Waals surface area (Å²) in [6, 6.07) is 8.84. The van der Waals surface area contributed by atoms with E-state index in [9.17, 15) is 9.59 Å². The maximum atomic E-state index is 11.7. The summed E-state index contributed by atoms with van der Waals surface area (Å²) in [5.41, 5.74) is 13.1. The van der Waals surface area contributed by atoms with Crippen LogP contribution >= 0.6 is 0 Å². The molecule has 0 aromatic heterocycles. The molecule has 2 aromatic rings. The maximum absolute atomic E-state index is 11.7. The summed E-state index contributed by atoms with van der Waals surface area (Å²) in [6.45, 7) is 0. The smallest absolute Gasteiger partial charge is 0.327 e. The Morgan fingerprint density at radius 2 is 1.18 bits per heavy atom. The molecule has 0 aliphatic heterocycles. The van der Waals surface area contributed by atoms with Gasteiger partial charge in [-0.25, -0.2) is 0 Å². The molecular formula is C16H18N2O4. The van der Waals surface area contributed by atoms with Crippen molar-refractivity contribution in [3.8, 4) is 0 Å². The van der Waals surface area contributed by atoms with Gasteiger partial charge < -0.3 is 20.9 Å². The van der Waals surface area contributed by atoms with Gasteiger partial charge in [0.15, 0.2) is 0 Å². The van der Waals surface area contributed by atoms with Crippen molar-refractivity contribution in [2.24, 2.45) is 11.5 Å². The van der Waals surface area contributed by atoms with E-state index in [1.165, 1.54) is 14.2 Å². The van der Waals surface area contributed by atoms with Gasteiger partial charge in [-0.05, 0) is 21.9 Å². The Kier molecular flexibility index (Phi) is 4.75. The third kappa shape index (κ3) is 2.79. The van der Waals surface area contributed by atoms with Crippen LogP contribution in [-0.2, 0) is 19.1 Å². The molecule has 0 amide bonds. The number of carbonyl (C=O) groups excluding carboxylic acids is 2. The predicted molar refractivity (Wildman–Crippen MR) is 81.8 cm³/mol. The Bertz CT molecular complexity index is 653. The van der Waals surface area contributed by atoms with Gasteiger partial charge in [-0.15, -0.1) is 0 Å². The summed E-state index contributed by atoms with van der Waals surface area (Å²) in [5, 5.41) is 1.49. The lowest BCUT2D eigenvalue weighted by atomic mass is 9.93. The molecule has 0 saturated carbocycles. The normalized spacial score (nSPS) is 13.5. The van der Waals surface area contributed by atoms with Crippen molar-refractivity contribution in [2.45, 2.75) is 12.1 Å². The number of nitrogens with two attached hydrogens (primary N) is 2. The molecule has 2 unspecified atom stereocenters. The van der Waals surface area contributed by atoms with Crippen molar-refractivity contribution in [3.63, 3.8) is 0 Å². The van der Waals surface area contributed by atoms with Crippen molar-refractivity contribution >= 4 is 22.7 Å². The summed E-state index contributed by atoms with van der Waals surface area (Å²) >= 11 is 0. The summed E-state index contributed by atoms with van der Waals surface area (Å²) in [6.07, 6.45) is 0. The third-order valence-electron chi connectivity index (χ3n) is 3.57. The van der Waals surface area contributed by atoms with Crippen LogP contribution in [0.2, 0.25) is 0 Å². The average Bonchev–Trinajstić information content (AvgIpc) is 2.57. The number of hydrogen-bond donors (Lipinski definition) is 2. The van der Waals surface area contributed by atoms with Crippen molar-refractivity contribution in [1.29, 1.82) is 0 Å². The van der Waals surface area contributed by atoms with Gasteiger partial charge in [-0.1, -0.05) is 36.4 Å². The van der Waals surface area contributed by atoms with Crippen molar-refractivity contribution in [3.05, 3.63) is 47.5 Å². The first-order valence-electron chi connectivity index (χ1n) is 6.69. The van der Waals surface area contributed by atoms with E-state index in [4.69, 9.17) is 11.5 Å². The average molecular weight is 302 g/mol. The van der Waals surface area contributed by atoms with E-state index >= 15 is 0 Å². The van der Waals surface area contributed by atoms with E-state index in [-0.39, 0.29) is 0 Å². The lowest BCUT2D eigenvalue weighted by Crippen LogP contribution is -2.24. The highest BCUT2D eigenvalue weighted by Gasteiger charge is 2.22. The van der Waals surface area contributed by atoms with Crippen molar-refractivity contribution in [1.82, 2.24) is 0 Å². The van der Waals surface area contributed by atoms with Gasteiger partial charge in [0.05, 0.1) is 14.2 Å². The Labute approximate surface area is 128 Å². The minimum atomic E-state index is -0.904. The van der Waals surface area contributed by atoms with Gasteiger partial charge in [0.1, 0.15) is 12.1 Å². The summed E-state index contributed by atoms with van der Waals surface area (Å²) in [4.78, 5) is 23.4. The first-order chi connectivity index (χ1) is 10.5. The first kappa shape index (κ1) is 15.9. The molecule has 0 bridgehead atoms. The SMILES string of the molecule is COC(=O)C(N)c1cccc2c(C(N)C(=O)OC)cccc12. The van der Waals surface area contributed by atoms with Gasteiger partial charge in [-0.3, -0.25) is 9.59 Å². The molecule has 2 rings (SSSR count). The minimum absolute atomic E-state index is 0.532. The van der Waals surface area contributed by atoms with Crippen LogP contribution in [0.5, 0.6) is 0 Å². The van der Waals surface area contributed by atoms with Crippen LogP contribution in [0.1, 0.15) is 23.2 Å². The quantitative estimate of drug-likeness (QED) is 0.822. The predicted octanol–water partition coefficient (Wildman–Crippen LogP) is 1.19. The fourth-order valence-electron chi connectivity index (χ4n) is 2.41. The van der Waals surface area contributed by atoms with Gasteiger partial charge >= 0.3 is 11.9 Å². The molecule has 0 aliphatic carbocycles. The van der Waals surface area contributed by atoms with E-state index in [2.05, 4.69) is 9.47 Å². The largest absolute Gasteiger partial charge is 0.468 e. The second-order valence-electron chi connectivity index (χ2n) is 4.79. The number of benzene rings is 2. The van der Waals surface area contributed by atoms with Crippen LogP contribution in [0.15, 0.2) is 36.4 Å². The van der Waals surface area contributed by atoms with Crippen LogP contribution in [0.3, 0.4) is 0 Å². The van der Waals surface area contributed by atoms with Crippen LogP contribution in [0.25, 0.3) is 10.8 Å². The van der Waals surface area contributed by atoms with Gasteiger partial charge in [-0.2, -0.15) is 0 Å². The molecule has 6 nitrogen and oxygen atoms in total. The van der Waals surface area contributed by atoms with Crippen LogP contribution in [0.4, 0.5) is 0 Å². The molecule has 0 aliphatic rings. The fraction of sp³-hybridized carbons (Fsp3) is 0.250. The Morgan fingerprint density at radius 1 is 0.818 bits per heavy atom. The molecular weight excluding hydrogens is 284 g/mol. The molecule has 116 valence electrons. The monoisotopic (exact) mass is 302 g/mol. The number of esters is 2. The Balaban J connectivity index is 2.61. The highest BCUT2D eigenvalue weighted by molar-refractivity contribution is 5.95. The van der Waals surface area contributed by atoms with E-state index in [1.807, 2.05) is 12.1 Å². The van der Waals surface area contributed by atoms with E-state index < -0.39 is 24.0 Å². The summed E-state index contributed by atoms with van der Waals surface area (Å²) in [5.74, 6) is -1.06. The maximum Gasteiger partial charge on any atom is 0.327 e. The van der Waals surface area contributed by atoms with Gasteiger partial charge in [0, 0.05) is 0 Å². The first-order valence-corrected chi connectivity index (χ1v) is 6.69. The number of rotatable bonds is 4. The lowest BCUT2D eigenvalue weighted by Gasteiger charge is -2.16. The number of methoxy groups -OCH3 is 2. The minimum Gasteiger partial charge on any atom is -0.468 e. The van der Waals surface area contributed by atoms with Crippen molar-refractivity contribution in [2.75, 3.05) is 14.2 Å². The number of carbonyl (C=O) groups is 2.